The second-order valence-electron chi connectivity index (χ2n) is 13.7. The topological polar surface area (TPSA) is 74.5 Å². The summed E-state index contributed by atoms with van der Waals surface area (Å²) < 4.78 is 2.38. The maximum absolute atomic E-state index is 12.6. The van der Waals surface area contributed by atoms with E-state index in [1.807, 2.05) is 0 Å². The molecule has 3 aliphatic rings. The Balaban J connectivity index is 1.09. The van der Waals surface area contributed by atoms with Crippen molar-refractivity contribution in [3.63, 3.8) is 0 Å². The van der Waals surface area contributed by atoms with Crippen LogP contribution in [0.2, 0.25) is 0 Å². The maximum atomic E-state index is 12.6. The molecule has 43 heavy (non-hydrogen) atoms. The molecule has 0 amide bonds. The number of nitrogens with zero attached hydrogens (tertiary/aromatic N) is 5. The van der Waals surface area contributed by atoms with Crippen LogP contribution < -0.4 is 0 Å². The Kier molecular flexibility index (Phi) is 9.48. The van der Waals surface area contributed by atoms with Crippen LogP contribution in [0.25, 0.3) is 11.2 Å². The molecule has 7 heteroatoms. The zero-order valence-corrected chi connectivity index (χ0v) is 26.5. The van der Waals surface area contributed by atoms with Crippen LogP contribution in [0.1, 0.15) is 86.9 Å². The summed E-state index contributed by atoms with van der Waals surface area (Å²) in [7, 11) is 0. The summed E-state index contributed by atoms with van der Waals surface area (Å²) in [6.07, 6.45) is 10.3. The highest BCUT2D eigenvalue weighted by Gasteiger charge is 2.43. The van der Waals surface area contributed by atoms with Gasteiger partial charge in [-0.05, 0) is 94.0 Å². The summed E-state index contributed by atoms with van der Waals surface area (Å²) in [5.41, 5.74) is 5.77. The van der Waals surface area contributed by atoms with Gasteiger partial charge < -0.3 is 14.6 Å². The van der Waals surface area contributed by atoms with Crippen molar-refractivity contribution in [2.45, 2.75) is 97.1 Å². The van der Waals surface area contributed by atoms with Crippen LogP contribution in [0.3, 0.4) is 0 Å². The molecule has 0 spiro atoms. The van der Waals surface area contributed by atoms with Gasteiger partial charge in [0.15, 0.2) is 5.65 Å². The number of hydrogen-bond acceptors (Lipinski definition) is 5. The van der Waals surface area contributed by atoms with Crippen molar-refractivity contribution in [3.8, 4) is 0 Å². The van der Waals surface area contributed by atoms with Crippen molar-refractivity contribution in [2.75, 3.05) is 32.7 Å². The minimum Gasteiger partial charge on any atom is -0.480 e. The van der Waals surface area contributed by atoms with Crippen molar-refractivity contribution < 1.29 is 9.90 Å². The number of fused-ring (bicyclic) bond motifs is 1. The van der Waals surface area contributed by atoms with Crippen molar-refractivity contribution >= 4 is 17.1 Å². The lowest BCUT2D eigenvalue weighted by atomic mass is 9.83. The van der Waals surface area contributed by atoms with E-state index in [0.29, 0.717) is 17.8 Å². The minimum absolute atomic E-state index is 0.293. The number of rotatable bonds is 10. The Bertz CT molecular complexity index is 1370. The first-order chi connectivity index (χ1) is 20.9. The normalized spacial score (nSPS) is 23.7. The van der Waals surface area contributed by atoms with Crippen LogP contribution >= 0.6 is 0 Å². The third-order valence-corrected chi connectivity index (χ3v) is 10.8. The van der Waals surface area contributed by atoms with Crippen LogP contribution in [0.5, 0.6) is 0 Å². The minimum atomic E-state index is -0.613. The molecular weight excluding hydrogens is 534 g/mol. The summed E-state index contributed by atoms with van der Waals surface area (Å²) in [5.74, 6) is 2.41. The van der Waals surface area contributed by atoms with E-state index in [1.54, 1.807) is 0 Å². The predicted octanol–water partition coefficient (Wildman–Crippen LogP) is 6.46. The predicted molar refractivity (Wildman–Crippen MR) is 172 cm³/mol. The SMILES string of the molecule is CCc1nc2c(C)cc(C)nc2n1CCC1CCN(C[C@@H]2CN([C@H](C(=O)O)C3CCCCC3)C[C@H]2c2ccccc2)CC1. The van der Waals surface area contributed by atoms with E-state index >= 15 is 0 Å². The zero-order chi connectivity index (χ0) is 29.9. The summed E-state index contributed by atoms with van der Waals surface area (Å²) in [4.78, 5) is 27.4. The average molecular weight is 586 g/mol. The molecule has 1 aromatic carbocycles. The molecular formula is C36H51N5O2. The van der Waals surface area contributed by atoms with Crippen LogP contribution in [-0.2, 0) is 17.8 Å². The van der Waals surface area contributed by atoms with Crippen molar-refractivity contribution in [1.29, 1.82) is 0 Å². The summed E-state index contributed by atoms with van der Waals surface area (Å²) in [6.45, 7) is 12.5. The molecule has 0 unspecified atom stereocenters. The number of aliphatic carboxylic acids is 1. The molecule has 0 bridgehead atoms. The van der Waals surface area contributed by atoms with Crippen LogP contribution in [0.15, 0.2) is 36.4 Å². The molecule has 232 valence electrons. The number of hydrogen-bond donors (Lipinski definition) is 1. The summed E-state index contributed by atoms with van der Waals surface area (Å²) in [6, 6.07) is 12.7. The van der Waals surface area contributed by atoms with Gasteiger partial charge in [0, 0.05) is 44.2 Å². The number of imidazole rings is 1. The lowest BCUT2D eigenvalue weighted by Gasteiger charge is -2.35. The van der Waals surface area contributed by atoms with E-state index in [-0.39, 0.29) is 6.04 Å². The molecule has 1 N–H and O–H groups in total. The maximum Gasteiger partial charge on any atom is 0.321 e. The molecule has 6 rings (SSSR count). The number of likely N-dealkylation sites (tertiary alicyclic amines) is 2. The molecule has 2 aliphatic heterocycles. The Morgan fingerprint density at radius 2 is 1.74 bits per heavy atom. The fourth-order valence-corrected chi connectivity index (χ4v) is 8.55. The number of aryl methyl sites for hydroxylation is 4. The zero-order valence-electron chi connectivity index (χ0n) is 26.5. The van der Waals surface area contributed by atoms with E-state index < -0.39 is 5.97 Å². The average Bonchev–Trinajstić information content (AvgIpc) is 3.59. The number of carboxylic acids is 1. The molecule has 4 heterocycles. The number of pyridine rings is 1. The number of carbonyl (C=O) groups is 1. The van der Waals surface area contributed by atoms with Crippen LogP contribution in [-0.4, -0.2) is 74.2 Å². The number of aromatic nitrogens is 3. The standard InChI is InChI=1S/C36H51N5O2/c1-4-32-38-33-25(2)21-26(3)37-35(33)41(32)20-17-27-15-18-39(19-16-27)22-30-23-40(24-31(30)28-11-7-5-8-12-28)34(36(42)43)29-13-9-6-10-14-29/h5,7-8,11-12,21,27,29-31,34H,4,6,9-10,13-20,22-24H2,1-3H3,(H,42,43)/t30-,31+,34+/m1/s1. The van der Waals surface area contributed by atoms with Gasteiger partial charge in [-0.25, -0.2) is 9.97 Å². The second-order valence-corrected chi connectivity index (χ2v) is 13.7. The Morgan fingerprint density at radius 3 is 2.44 bits per heavy atom. The van der Waals surface area contributed by atoms with E-state index in [0.717, 1.165) is 87.1 Å². The quantitative estimate of drug-likeness (QED) is 0.294. The molecule has 3 aromatic rings. The molecule has 1 aliphatic carbocycles. The molecule has 1 saturated carbocycles. The van der Waals surface area contributed by atoms with Gasteiger partial charge in [0.2, 0.25) is 0 Å². The third-order valence-electron chi connectivity index (χ3n) is 10.8. The summed E-state index contributed by atoms with van der Waals surface area (Å²) >= 11 is 0. The van der Waals surface area contributed by atoms with E-state index in [9.17, 15) is 9.90 Å². The fourth-order valence-electron chi connectivity index (χ4n) is 8.55. The van der Waals surface area contributed by atoms with E-state index in [2.05, 4.69) is 71.5 Å². The monoisotopic (exact) mass is 585 g/mol. The van der Waals surface area contributed by atoms with E-state index in [4.69, 9.17) is 9.97 Å². The second kappa shape index (κ2) is 13.5. The molecule has 3 atom stereocenters. The van der Waals surface area contributed by atoms with Crippen molar-refractivity contribution in [1.82, 2.24) is 24.3 Å². The van der Waals surface area contributed by atoms with Gasteiger partial charge in [0.1, 0.15) is 17.4 Å². The summed E-state index contributed by atoms with van der Waals surface area (Å²) in [5, 5.41) is 10.4. The first kappa shape index (κ1) is 30.3. The van der Waals surface area contributed by atoms with E-state index in [1.165, 1.54) is 49.7 Å². The van der Waals surface area contributed by atoms with Crippen LogP contribution in [0.4, 0.5) is 0 Å². The van der Waals surface area contributed by atoms with Gasteiger partial charge >= 0.3 is 5.97 Å². The lowest BCUT2D eigenvalue weighted by molar-refractivity contribution is -0.145. The fraction of sp³-hybridized carbons (Fsp3) is 0.639. The van der Waals surface area contributed by atoms with Gasteiger partial charge in [-0.2, -0.15) is 0 Å². The highest BCUT2D eigenvalue weighted by atomic mass is 16.4. The van der Waals surface area contributed by atoms with Gasteiger partial charge in [-0.3, -0.25) is 9.69 Å². The smallest absolute Gasteiger partial charge is 0.321 e. The lowest BCUT2D eigenvalue weighted by Crippen LogP contribution is -2.46. The largest absolute Gasteiger partial charge is 0.480 e. The van der Waals surface area contributed by atoms with Crippen molar-refractivity contribution in [2.24, 2.45) is 17.8 Å². The molecule has 3 fully saturated rings. The first-order valence-corrected chi connectivity index (χ1v) is 17.0. The van der Waals surface area contributed by atoms with Gasteiger partial charge in [-0.15, -0.1) is 0 Å². The highest BCUT2D eigenvalue weighted by molar-refractivity contribution is 5.76. The number of piperidine rings is 1. The third kappa shape index (κ3) is 6.68. The molecule has 2 saturated heterocycles. The van der Waals surface area contributed by atoms with Crippen LogP contribution in [0, 0.1) is 31.6 Å². The number of benzene rings is 1. The Hall–Kier alpha value is -2.77. The molecule has 7 nitrogen and oxygen atoms in total. The number of carboxylic acid groups (broad SMARTS) is 1. The first-order valence-electron chi connectivity index (χ1n) is 17.0. The van der Waals surface area contributed by atoms with Crippen molar-refractivity contribution in [3.05, 3.63) is 59.0 Å². The van der Waals surface area contributed by atoms with Gasteiger partial charge in [0.05, 0.1) is 0 Å². The van der Waals surface area contributed by atoms with Gasteiger partial charge in [0.25, 0.3) is 0 Å². The molecule has 2 aromatic heterocycles. The Morgan fingerprint density at radius 1 is 1.00 bits per heavy atom. The molecule has 0 radical (unpaired) electrons. The Labute approximate surface area is 257 Å². The highest BCUT2D eigenvalue weighted by Crippen LogP contribution is 2.39. The van der Waals surface area contributed by atoms with Gasteiger partial charge in [-0.1, -0.05) is 56.5 Å².